The fourth-order valence-corrected chi connectivity index (χ4v) is 1.82. The predicted molar refractivity (Wildman–Crippen MR) is 66.1 cm³/mol. The number of carboxylic acid groups (broad SMARTS) is 1. The van der Waals surface area contributed by atoms with Gasteiger partial charge in [-0.25, -0.2) is 9.78 Å². The maximum Gasteiger partial charge on any atom is 0.358 e. The van der Waals surface area contributed by atoms with Gasteiger partial charge >= 0.3 is 5.97 Å². The highest BCUT2D eigenvalue weighted by atomic mass is 35.5. The Morgan fingerprint density at radius 3 is 2.79 bits per heavy atom. The third kappa shape index (κ3) is 2.32. The second-order valence-electron chi connectivity index (χ2n) is 4.29. The van der Waals surface area contributed by atoms with Crippen LogP contribution >= 0.6 is 11.6 Å². The summed E-state index contributed by atoms with van der Waals surface area (Å²) in [6, 6.07) is 1.63. The molecule has 0 aliphatic carbocycles. The van der Waals surface area contributed by atoms with Crippen molar-refractivity contribution >= 4 is 17.6 Å². The Hall–Kier alpha value is -1.92. The summed E-state index contributed by atoms with van der Waals surface area (Å²) in [6.45, 7) is 3.18. The second kappa shape index (κ2) is 4.64. The summed E-state index contributed by atoms with van der Waals surface area (Å²) in [5.41, 5.74) is -0.787. The van der Waals surface area contributed by atoms with Gasteiger partial charge in [0.15, 0.2) is 5.69 Å². The van der Waals surface area contributed by atoms with Crippen LogP contribution < -0.4 is 0 Å². The highest BCUT2D eigenvalue weighted by Gasteiger charge is 2.34. The zero-order chi connectivity index (χ0) is 14.2. The third-order valence-electron chi connectivity index (χ3n) is 2.87. The van der Waals surface area contributed by atoms with E-state index in [1.165, 1.54) is 13.1 Å². The molecule has 0 aromatic carbocycles. The topological polar surface area (TPSA) is 96.5 Å². The van der Waals surface area contributed by atoms with Gasteiger partial charge in [0, 0.05) is 11.8 Å². The Morgan fingerprint density at radius 1 is 1.53 bits per heavy atom. The van der Waals surface area contributed by atoms with E-state index in [0.29, 0.717) is 16.3 Å². The van der Waals surface area contributed by atoms with E-state index in [9.17, 15) is 9.90 Å². The Bertz CT molecular complexity index is 636. The number of carboxylic acids is 1. The van der Waals surface area contributed by atoms with Gasteiger partial charge in [-0.05, 0) is 25.5 Å². The molecule has 0 fully saturated rings. The molecule has 0 amide bonds. The van der Waals surface area contributed by atoms with Gasteiger partial charge in [0.05, 0.1) is 5.56 Å². The van der Waals surface area contributed by atoms with Gasteiger partial charge in [-0.3, -0.25) is 0 Å². The van der Waals surface area contributed by atoms with Crippen molar-refractivity contribution < 1.29 is 19.5 Å². The monoisotopic (exact) mass is 282 g/mol. The lowest BCUT2D eigenvalue weighted by molar-refractivity contribution is 0.0660. The van der Waals surface area contributed by atoms with Crippen LogP contribution in [0.25, 0.3) is 0 Å². The van der Waals surface area contributed by atoms with Gasteiger partial charge in [0.2, 0.25) is 0 Å². The minimum atomic E-state index is -1.59. The van der Waals surface area contributed by atoms with E-state index in [1.807, 2.05) is 0 Å². The van der Waals surface area contributed by atoms with Crippen LogP contribution in [0.4, 0.5) is 0 Å². The van der Waals surface area contributed by atoms with Crippen LogP contribution in [0.15, 0.2) is 23.0 Å². The van der Waals surface area contributed by atoms with E-state index in [4.69, 9.17) is 16.7 Å². The van der Waals surface area contributed by atoms with Crippen LogP contribution in [0.5, 0.6) is 0 Å². The van der Waals surface area contributed by atoms with Crippen molar-refractivity contribution in [3.05, 3.63) is 46.1 Å². The first-order valence-corrected chi connectivity index (χ1v) is 5.75. The van der Waals surface area contributed by atoms with Crippen LogP contribution in [-0.4, -0.2) is 26.3 Å². The smallest absolute Gasteiger partial charge is 0.358 e. The average Bonchev–Trinajstić information content (AvgIpc) is 2.82. The summed E-state index contributed by atoms with van der Waals surface area (Å²) in [4.78, 5) is 14.9. The number of hydrogen-bond donors (Lipinski definition) is 2. The number of aryl methyl sites for hydroxylation is 1. The molecule has 2 aromatic rings. The summed E-state index contributed by atoms with van der Waals surface area (Å²) in [5.74, 6) is -1.28. The van der Waals surface area contributed by atoms with Crippen LogP contribution in [0.2, 0.25) is 5.15 Å². The molecule has 0 bridgehead atoms. The van der Waals surface area contributed by atoms with Gasteiger partial charge in [0.25, 0.3) is 0 Å². The van der Waals surface area contributed by atoms with Crippen molar-refractivity contribution in [1.29, 1.82) is 0 Å². The molecule has 1 atom stereocenters. The van der Waals surface area contributed by atoms with E-state index in [1.54, 1.807) is 13.0 Å². The number of halogens is 1. The Morgan fingerprint density at radius 2 is 2.21 bits per heavy atom. The van der Waals surface area contributed by atoms with Crippen molar-refractivity contribution in [3.8, 4) is 0 Å². The van der Waals surface area contributed by atoms with Gasteiger partial charge in [-0.15, -0.1) is 0 Å². The van der Waals surface area contributed by atoms with Crippen molar-refractivity contribution in [2.45, 2.75) is 19.4 Å². The number of carbonyl (C=O) groups is 1. The largest absolute Gasteiger partial charge is 0.476 e. The van der Waals surface area contributed by atoms with Crippen LogP contribution in [0, 0.1) is 6.92 Å². The molecule has 0 radical (unpaired) electrons. The molecule has 0 aliphatic heterocycles. The molecule has 0 saturated carbocycles. The molecule has 2 rings (SSSR count). The van der Waals surface area contributed by atoms with E-state index in [2.05, 4.69) is 14.7 Å². The average molecular weight is 283 g/mol. The van der Waals surface area contributed by atoms with E-state index in [0.717, 1.165) is 6.26 Å². The summed E-state index contributed by atoms with van der Waals surface area (Å²) in [7, 11) is 0. The van der Waals surface area contributed by atoms with Crippen LogP contribution in [-0.2, 0) is 5.60 Å². The molecule has 1 unspecified atom stereocenters. The van der Waals surface area contributed by atoms with E-state index < -0.39 is 11.6 Å². The fourth-order valence-electron chi connectivity index (χ4n) is 1.72. The van der Waals surface area contributed by atoms with E-state index in [-0.39, 0.29) is 11.3 Å². The highest BCUT2D eigenvalue weighted by Crippen LogP contribution is 2.32. The third-order valence-corrected chi connectivity index (χ3v) is 3.27. The molecule has 0 aliphatic rings. The number of rotatable bonds is 3. The van der Waals surface area contributed by atoms with Crippen LogP contribution in [0.3, 0.4) is 0 Å². The first-order valence-electron chi connectivity index (χ1n) is 5.37. The minimum absolute atomic E-state index is 0.0588. The summed E-state index contributed by atoms with van der Waals surface area (Å²) >= 11 is 5.82. The Kier molecular flexibility index (Phi) is 3.30. The maximum atomic E-state index is 11.0. The fraction of sp³-hybridized carbons (Fsp3) is 0.250. The standard InChI is InChI=1S/C12H11ClN2O4/c1-6-3-7(4-14-10(6)13)12(2,18)8-5-19-15-9(8)11(16)17/h3-5,18H,1-2H3,(H,16,17). The van der Waals surface area contributed by atoms with E-state index >= 15 is 0 Å². The molecule has 19 heavy (non-hydrogen) atoms. The summed E-state index contributed by atoms with van der Waals surface area (Å²) in [5, 5.41) is 23.2. The zero-order valence-electron chi connectivity index (χ0n) is 10.2. The molecule has 0 saturated heterocycles. The molecular weight excluding hydrogens is 272 g/mol. The van der Waals surface area contributed by atoms with Gasteiger partial charge < -0.3 is 14.7 Å². The predicted octanol–water partition coefficient (Wildman–Crippen LogP) is 1.99. The lowest BCUT2D eigenvalue weighted by atomic mass is 9.89. The number of pyridine rings is 1. The first kappa shape index (κ1) is 13.5. The molecule has 2 N–H and O–H groups in total. The summed E-state index contributed by atoms with van der Waals surface area (Å²) in [6.07, 6.45) is 2.49. The van der Waals surface area contributed by atoms with Crippen molar-refractivity contribution in [3.63, 3.8) is 0 Å². The first-order chi connectivity index (χ1) is 8.84. The molecule has 2 heterocycles. The van der Waals surface area contributed by atoms with Crippen molar-refractivity contribution in [2.24, 2.45) is 0 Å². The molecular formula is C12H11ClN2O4. The lowest BCUT2D eigenvalue weighted by Crippen LogP contribution is -2.25. The lowest BCUT2D eigenvalue weighted by Gasteiger charge is -2.22. The Balaban J connectivity index is 2.54. The van der Waals surface area contributed by atoms with Crippen molar-refractivity contribution in [1.82, 2.24) is 10.1 Å². The molecule has 7 heteroatoms. The maximum absolute atomic E-state index is 11.0. The van der Waals surface area contributed by atoms with Crippen LogP contribution in [0.1, 0.15) is 34.1 Å². The molecule has 2 aromatic heterocycles. The van der Waals surface area contributed by atoms with Gasteiger partial charge in [0.1, 0.15) is 17.0 Å². The normalized spacial score (nSPS) is 14.1. The van der Waals surface area contributed by atoms with Crippen molar-refractivity contribution in [2.75, 3.05) is 0 Å². The molecule has 6 nitrogen and oxygen atoms in total. The number of hydrogen-bond acceptors (Lipinski definition) is 5. The molecule has 100 valence electrons. The van der Waals surface area contributed by atoms with Gasteiger partial charge in [-0.2, -0.15) is 0 Å². The molecule has 0 spiro atoms. The summed E-state index contributed by atoms with van der Waals surface area (Å²) < 4.78 is 4.63. The Labute approximate surface area is 113 Å². The SMILES string of the molecule is Cc1cc(C(C)(O)c2conc2C(=O)O)cnc1Cl. The van der Waals surface area contributed by atoms with Gasteiger partial charge in [-0.1, -0.05) is 16.8 Å². The second-order valence-corrected chi connectivity index (χ2v) is 4.64. The quantitative estimate of drug-likeness (QED) is 0.836. The number of aliphatic hydroxyl groups is 1. The number of aromatic carboxylic acids is 1. The number of nitrogens with zero attached hydrogens (tertiary/aromatic N) is 2. The zero-order valence-corrected chi connectivity index (χ0v) is 11.0. The minimum Gasteiger partial charge on any atom is -0.476 e. The number of aromatic nitrogens is 2. The highest BCUT2D eigenvalue weighted by molar-refractivity contribution is 6.30.